The van der Waals surface area contributed by atoms with Crippen LogP contribution in [0.5, 0.6) is 0 Å². The molecule has 0 radical (unpaired) electrons. The first kappa shape index (κ1) is 15.3. The minimum absolute atomic E-state index is 0.335. The molecule has 2 atom stereocenters. The second kappa shape index (κ2) is 7.62. The number of nitrogens with one attached hydrogen (secondary N) is 1. The Labute approximate surface area is 124 Å². The molecule has 0 spiro atoms. The highest BCUT2D eigenvalue weighted by Gasteiger charge is 2.18. The average molecular weight is 296 g/mol. The molecule has 2 rings (SSSR count). The van der Waals surface area contributed by atoms with E-state index in [0.717, 1.165) is 23.5 Å². The summed E-state index contributed by atoms with van der Waals surface area (Å²) in [5, 5.41) is 5.89. The molecule has 0 aliphatic heterocycles. The summed E-state index contributed by atoms with van der Waals surface area (Å²) < 4.78 is 4.93. The number of nitrogens with zero attached hydrogens (tertiary/aromatic N) is 1. The van der Waals surface area contributed by atoms with Gasteiger partial charge < -0.3 is 10.1 Å². The summed E-state index contributed by atoms with van der Waals surface area (Å²) in [4.78, 5) is 15.8. The van der Waals surface area contributed by atoms with Crippen LogP contribution in [0.2, 0.25) is 0 Å². The first-order chi connectivity index (χ1) is 9.69. The molecule has 4 nitrogen and oxygen atoms in total. The van der Waals surface area contributed by atoms with Crippen LogP contribution in [0.1, 0.15) is 56.4 Å². The third kappa shape index (κ3) is 4.47. The van der Waals surface area contributed by atoms with Crippen molar-refractivity contribution in [2.75, 3.05) is 18.5 Å². The summed E-state index contributed by atoms with van der Waals surface area (Å²) in [7, 11) is 0. The molecule has 0 amide bonds. The molecule has 1 fully saturated rings. The average Bonchev–Trinajstić information content (AvgIpc) is 2.88. The Bertz CT molecular complexity index is 433. The van der Waals surface area contributed by atoms with E-state index in [2.05, 4.69) is 17.2 Å². The lowest BCUT2D eigenvalue weighted by Gasteiger charge is -2.26. The van der Waals surface area contributed by atoms with Crippen molar-refractivity contribution < 1.29 is 9.53 Å². The van der Waals surface area contributed by atoms with Gasteiger partial charge in [0.1, 0.15) is 0 Å². The molecule has 0 aromatic carbocycles. The van der Waals surface area contributed by atoms with Crippen LogP contribution in [-0.4, -0.2) is 24.1 Å². The predicted molar refractivity (Wildman–Crippen MR) is 82.3 cm³/mol. The van der Waals surface area contributed by atoms with Crippen molar-refractivity contribution in [1.82, 2.24) is 4.98 Å². The summed E-state index contributed by atoms with van der Waals surface area (Å²) in [5.74, 6) is 1.39. The van der Waals surface area contributed by atoms with Gasteiger partial charge in [0.15, 0.2) is 10.8 Å². The number of anilines is 1. The van der Waals surface area contributed by atoms with E-state index in [0.29, 0.717) is 12.3 Å². The van der Waals surface area contributed by atoms with Crippen LogP contribution >= 0.6 is 11.3 Å². The van der Waals surface area contributed by atoms with Gasteiger partial charge in [-0.2, -0.15) is 0 Å². The van der Waals surface area contributed by atoms with E-state index in [-0.39, 0.29) is 5.97 Å². The first-order valence-electron chi connectivity index (χ1n) is 7.55. The first-order valence-corrected chi connectivity index (χ1v) is 8.43. The number of hydrogen-bond acceptors (Lipinski definition) is 5. The molecule has 20 heavy (non-hydrogen) atoms. The van der Waals surface area contributed by atoms with Gasteiger partial charge in [0, 0.05) is 11.9 Å². The van der Waals surface area contributed by atoms with E-state index in [4.69, 9.17) is 4.74 Å². The Balaban J connectivity index is 1.72. The molecule has 1 saturated carbocycles. The van der Waals surface area contributed by atoms with Gasteiger partial charge in [-0.1, -0.05) is 26.2 Å². The molecular formula is C15H24N2O2S. The fraction of sp³-hybridized carbons (Fsp3) is 0.733. The van der Waals surface area contributed by atoms with Crippen LogP contribution in [0.3, 0.4) is 0 Å². The van der Waals surface area contributed by atoms with Crippen LogP contribution in [0, 0.1) is 11.8 Å². The van der Waals surface area contributed by atoms with Gasteiger partial charge in [0.25, 0.3) is 0 Å². The van der Waals surface area contributed by atoms with E-state index < -0.39 is 0 Å². The largest absolute Gasteiger partial charge is 0.461 e. The van der Waals surface area contributed by atoms with Crippen LogP contribution in [0.15, 0.2) is 5.38 Å². The Kier molecular flexibility index (Phi) is 5.83. The molecular weight excluding hydrogens is 272 g/mol. The normalized spacial score (nSPS) is 22.5. The summed E-state index contributed by atoms with van der Waals surface area (Å²) in [6, 6.07) is 0. The fourth-order valence-corrected chi connectivity index (χ4v) is 3.57. The second-order valence-corrected chi connectivity index (χ2v) is 6.47. The van der Waals surface area contributed by atoms with Crippen LogP contribution in [-0.2, 0) is 4.74 Å². The second-order valence-electron chi connectivity index (χ2n) is 5.61. The molecule has 0 bridgehead atoms. The van der Waals surface area contributed by atoms with Gasteiger partial charge >= 0.3 is 5.97 Å². The third-order valence-corrected chi connectivity index (χ3v) is 4.66. The third-order valence-electron chi connectivity index (χ3n) is 3.86. The summed E-state index contributed by atoms with van der Waals surface area (Å²) in [6.07, 6.45) is 6.67. The van der Waals surface area contributed by atoms with Crippen molar-refractivity contribution >= 4 is 22.4 Å². The predicted octanol–water partition coefficient (Wildman–Crippen LogP) is 3.95. The molecule has 1 aromatic heterocycles. The standard InChI is InChI=1S/C15H24N2O2S/c1-3-19-14(18)13-10-20-15(17-13)16-8-7-12-6-4-5-11(2)9-12/h10-12H,3-9H2,1-2H3,(H,16,17). The Hall–Kier alpha value is -1.10. The molecule has 1 heterocycles. The summed E-state index contributed by atoms with van der Waals surface area (Å²) in [5.41, 5.74) is 0.408. The number of carbonyl (C=O) groups excluding carboxylic acids is 1. The van der Waals surface area contributed by atoms with E-state index in [1.807, 2.05) is 0 Å². The molecule has 112 valence electrons. The van der Waals surface area contributed by atoms with Crippen molar-refractivity contribution in [2.45, 2.75) is 46.0 Å². The Morgan fingerprint density at radius 1 is 1.55 bits per heavy atom. The van der Waals surface area contributed by atoms with Crippen LogP contribution < -0.4 is 5.32 Å². The van der Waals surface area contributed by atoms with Gasteiger partial charge in [-0.15, -0.1) is 11.3 Å². The summed E-state index contributed by atoms with van der Waals surface area (Å²) >= 11 is 1.47. The molecule has 1 aromatic rings. The van der Waals surface area contributed by atoms with Gasteiger partial charge in [-0.05, 0) is 31.6 Å². The van der Waals surface area contributed by atoms with Gasteiger partial charge in [0.2, 0.25) is 0 Å². The highest BCUT2D eigenvalue weighted by Crippen LogP contribution is 2.30. The Morgan fingerprint density at radius 2 is 2.40 bits per heavy atom. The number of hydrogen-bond donors (Lipinski definition) is 1. The number of rotatable bonds is 6. The van der Waals surface area contributed by atoms with E-state index in [1.165, 1.54) is 43.4 Å². The number of aromatic nitrogens is 1. The lowest BCUT2D eigenvalue weighted by molar-refractivity contribution is 0.0520. The Morgan fingerprint density at radius 3 is 3.15 bits per heavy atom. The molecule has 1 N–H and O–H groups in total. The maximum Gasteiger partial charge on any atom is 0.357 e. The van der Waals surface area contributed by atoms with E-state index in [1.54, 1.807) is 12.3 Å². The minimum Gasteiger partial charge on any atom is -0.461 e. The molecule has 1 aliphatic rings. The van der Waals surface area contributed by atoms with Gasteiger partial charge in [-0.25, -0.2) is 9.78 Å². The van der Waals surface area contributed by atoms with Crippen molar-refractivity contribution in [2.24, 2.45) is 11.8 Å². The zero-order valence-corrected chi connectivity index (χ0v) is 13.2. The maximum atomic E-state index is 11.5. The highest BCUT2D eigenvalue weighted by atomic mass is 32.1. The quantitative estimate of drug-likeness (QED) is 0.808. The van der Waals surface area contributed by atoms with E-state index in [9.17, 15) is 4.79 Å². The molecule has 2 unspecified atom stereocenters. The molecule has 1 aliphatic carbocycles. The van der Waals surface area contributed by atoms with Crippen LogP contribution in [0.4, 0.5) is 5.13 Å². The topological polar surface area (TPSA) is 51.2 Å². The number of esters is 1. The van der Waals surface area contributed by atoms with E-state index >= 15 is 0 Å². The lowest BCUT2D eigenvalue weighted by atomic mass is 9.81. The van der Waals surface area contributed by atoms with Gasteiger partial charge in [-0.3, -0.25) is 0 Å². The smallest absolute Gasteiger partial charge is 0.357 e. The SMILES string of the molecule is CCOC(=O)c1csc(NCCC2CCCC(C)C2)n1. The lowest BCUT2D eigenvalue weighted by Crippen LogP contribution is -2.16. The highest BCUT2D eigenvalue weighted by molar-refractivity contribution is 7.13. The number of ether oxygens (including phenoxy) is 1. The zero-order chi connectivity index (χ0) is 14.4. The maximum absolute atomic E-state index is 11.5. The van der Waals surface area contributed by atoms with Crippen molar-refractivity contribution in [3.05, 3.63) is 11.1 Å². The van der Waals surface area contributed by atoms with Gasteiger partial charge in [0.05, 0.1) is 6.61 Å². The monoisotopic (exact) mass is 296 g/mol. The van der Waals surface area contributed by atoms with Crippen molar-refractivity contribution in [3.8, 4) is 0 Å². The number of carbonyl (C=O) groups is 1. The van der Waals surface area contributed by atoms with Crippen molar-refractivity contribution in [1.29, 1.82) is 0 Å². The minimum atomic E-state index is -0.335. The fourth-order valence-electron chi connectivity index (χ4n) is 2.86. The molecule has 0 saturated heterocycles. The summed E-state index contributed by atoms with van der Waals surface area (Å²) in [6.45, 7) is 5.48. The number of thiazole rings is 1. The van der Waals surface area contributed by atoms with Crippen LogP contribution in [0.25, 0.3) is 0 Å². The zero-order valence-electron chi connectivity index (χ0n) is 12.4. The van der Waals surface area contributed by atoms with Crippen molar-refractivity contribution in [3.63, 3.8) is 0 Å². The molecule has 5 heteroatoms.